The van der Waals surface area contributed by atoms with Crippen LogP contribution in [0.25, 0.3) is 0 Å². The molecule has 3 aromatic rings. The first kappa shape index (κ1) is 22.1. The van der Waals surface area contributed by atoms with Gasteiger partial charge in [0.15, 0.2) is 6.61 Å². The molecule has 0 radical (unpaired) electrons. The predicted molar refractivity (Wildman–Crippen MR) is 128 cm³/mol. The van der Waals surface area contributed by atoms with Gasteiger partial charge in [0.2, 0.25) is 5.91 Å². The Hall–Kier alpha value is -3.72. The van der Waals surface area contributed by atoms with E-state index in [1.54, 1.807) is 11.3 Å². The van der Waals surface area contributed by atoms with Gasteiger partial charge in [-0.2, -0.15) is 0 Å². The summed E-state index contributed by atoms with van der Waals surface area (Å²) in [6.07, 6.45) is 4.48. The van der Waals surface area contributed by atoms with Crippen LogP contribution in [0.1, 0.15) is 40.5 Å². The van der Waals surface area contributed by atoms with Gasteiger partial charge in [-0.3, -0.25) is 24.6 Å². The van der Waals surface area contributed by atoms with Crippen LogP contribution in [0.3, 0.4) is 0 Å². The van der Waals surface area contributed by atoms with Gasteiger partial charge in [-0.05, 0) is 59.9 Å². The zero-order valence-corrected chi connectivity index (χ0v) is 19.2. The molecule has 0 fully saturated rings. The van der Waals surface area contributed by atoms with Crippen LogP contribution in [0.4, 0.5) is 11.4 Å². The molecule has 0 spiro atoms. The minimum Gasteiger partial charge on any atom is -0.482 e. The van der Waals surface area contributed by atoms with Crippen LogP contribution >= 0.6 is 11.3 Å². The average molecular weight is 478 g/mol. The summed E-state index contributed by atoms with van der Waals surface area (Å²) in [5.74, 6) is -0.448. The van der Waals surface area contributed by atoms with Crippen LogP contribution in [0.5, 0.6) is 5.75 Å². The molecule has 174 valence electrons. The lowest BCUT2D eigenvalue weighted by molar-refractivity contribution is -0.384. The zero-order chi connectivity index (χ0) is 23.7. The third kappa shape index (κ3) is 4.38. The number of benzene rings is 2. The first-order valence-electron chi connectivity index (χ1n) is 11.2. The minimum atomic E-state index is -0.541. The lowest BCUT2D eigenvalue weighted by atomic mass is 9.89. The summed E-state index contributed by atoms with van der Waals surface area (Å²) in [7, 11) is 0. The van der Waals surface area contributed by atoms with E-state index < -0.39 is 10.8 Å². The fraction of sp³-hybridized carbons (Fsp3) is 0.280. The number of fused-ring (bicyclic) bond motifs is 2. The van der Waals surface area contributed by atoms with E-state index in [4.69, 9.17) is 4.74 Å². The van der Waals surface area contributed by atoms with Crippen LogP contribution in [0.15, 0.2) is 53.9 Å². The SMILES string of the molecule is O=C(CN1C(=O)COc2ccc([N+](=O)[O-])cc21)NC(c1ccc2c(c1)CCCC2)c1cccs1. The Morgan fingerprint density at radius 1 is 1.15 bits per heavy atom. The highest BCUT2D eigenvalue weighted by atomic mass is 32.1. The number of nitrogens with one attached hydrogen (secondary N) is 1. The van der Waals surface area contributed by atoms with Crippen molar-refractivity contribution in [1.82, 2.24) is 5.32 Å². The fourth-order valence-corrected chi connectivity index (χ4v) is 5.34. The van der Waals surface area contributed by atoms with Crippen molar-refractivity contribution in [1.29, 1.82) is 0 Å². The van der Waals surface area contributed by atoms with Crippen molar-refractivity contribution in [3.63, 3.8) is 0 Å². The second-order valence-electron chi connectivity index (χ2n) is 8.43. The number of hydrogen-bond acceptors (Lipinski definition) is 6. The molecule has 1 aliphatic carbocycles. The molecule has 1 aromatic heterocycles. The molecular weight excluding hydrogens is 454 g/mol. The second kappa shape index (κ2) is 9.26. The molecule has 8 nitrogen and oxygen atoms in total. The Labute approximate surface area is 200 Å². The summed E-state index contributed by atoms with van der Waals surface area (Å²) in [5, 5.41) is 16.3. The van der Waals surface area contributed by atoms with Crippen molar-refractivity contribution in [2.75, 3.05) is 18.1 Å². The highest BCUT2D eigenvalue weighted by Gasteiger charge is 2.30. The van der Waals surface area contributed by atoms with Gasteiger partial charge < -0.3 is 10.1 Å². The molecule has 1 atom stereocenters. The largest absolute Gasteiger partial charge is 0.482 e. The Balaban J connectivity index is 1.41. The van der Waals surface area contributed by atoms with Crippen molar-refractivity contribution in [3.8, 4) is 5.75 Å². The number of rotatable bonds is 6. The van der Waals surface area contributed by atoms with E-state index in [-0.39, 0.29) is 36.5 Å². The zero-order valence-electron chi connectivity index (χ0n) is 18.4. The Morgan fingerprint density at radius 3 is 2.74 bits per heavy atom. The fourth-order valence-electron chi connectivity index (χ4n) is 4.53. The number of anilines is 1. The van der Waals surface area contributed by atoms with Crippen LogP contribution in [0.2, 0.25) is 0 Å². The number of nitrogens with zero attached hydrogens (tertiary/aromatic N) is 2. The number of non-ortho nitro benzene ring substituents is 1. The third-order valence-corrected chi connectivity index (χ3v) is 7.17. The topological polar surface area (TPSA) is 102 Å². The number of nitro benzene ring substituents is 1. The third-order valence-electron chi connectivity index (χ3n) is 6.24. The van der Waals surface area contributed by atoms with Gasteiger partial charge in [-0.25, -0.2) is 0 Å². The summed E-state index contributed by atoms with van der Waals surface area (Å²) in [5.41, 5.74) is 3.74. The van der Waals surface area contributed by atoms with Gasteiger partial charge >= 0.3 is 0 Å². The number of ether oxygens (including phenoxy) is 1. The van der Waals surface area contributed by atoms with Gasteiger partial charge in [-0.1, -0.05) is 24.3 Å². The molecule has 0 bridgehead atoms. The Bertz CT molecular complexity index is 1260. The van der Waals surface area contributed by atoms with Crippen LogP contribution in [-0.4, -0.2) is 29.9 Å². The normalized spacial score (nSPS) is 15.6. The van der Waals surface area contributed by atoms with Crippen molar-refractivity contribution in [2.45, 2.75) is 31.7 Å². The van der Waals surface area contributed by atoms with Crippen LogP contribution < -0.4 is 15.0 Å². The molecule has 2 aliphatic rings. The number of amides is 2. The van der Waals surface area contributed by atoms with E-state index in [1.165, 1.54) is 40.6 Å². The summed E-state index contributed by atoms with van der Waals surface area (Å²) < 4.78 is 5.40. The maximum Gasteiger partial charge on any atom is 0.271 e. The van der Waals surface area contributed by atoms with Crippen molar-refractivity contribution in [2.24, 2.45) is 0 Å². The number of thiophene rings is 1. The lowest BCUT2D eigenvalue weighted by Crippen LogP contribution is -2.45. The van der Waals surface area contributed by atoms with E-state index in [1.807, 2.05) is 17.5 Å². The van der Waals surface area contributed by atoms with Gasteiger partial charge in [0.25, 0.3) is 11.6 Å². The standard InChI is InChI=1S/C25H23N3O5S/c29-23(14-27-20-13-19(28(31)32)9-10-21(20)33-15-24(27)30)26-25(22-6-3-11-34-22)18-8-7-16-4-1-2-5-17(16)12-18/h3,6-13,25H,1-2,4-5,14-15H2,(H,26,29). The molecule has 1 unspecified atom stereocenters. The summed E-state index contributed by atoms with van der Waals surface area (Å²) in [4.78, 5) is 38.7. The molecule has 1 N–H and O–H groups in total. The predicted octanol–water partition coefficient (Wildman–Crippen LogP) is 4.17. The molecule has 5 rings (SSSR count). The van der Waals surface area contributed by atoms with E-state index in [9.17, 15) is 19.7 Å². The molecule has 1 aliphatic heterocycles. The van der Waals surface area contributed by atoms with Crippen molar-refractivity contribution in [3.05, 3.63) is 85.6 Å². The number of carbonyl (C=O) groups excluding carboxylic acids is 2. The van der Waals surface area contributed by atoms with Crippen LogP contribution in [-0.2, 0) is 22.4 Å². The molecule has 34 heavy (non-hydrogen) atoms. The van der Waals surface area contributed by atoms with Gasteiger partial charge in [0, 0.05) is 17.0 Å². The first-order valence-corrected chi connectivity index (χ1v) is 12.0. The van der Waals surface area contributed by atoms with Crippen molar-refractivity contribution >= 4 is 34.5 Å². The molecule has 2 heterocycles. The highest BCUT2D eigenvalue weighted by molar-refractivity contribution is 7.10. The Kier molecular flexibility index (Phi) is 6.02. The summed E-state index contributed by atoms with van der Waals surface area (Å²) >= 11 is 1.56. The minimum absolute atomic E-state index is 0.173. The monoisotopic (exact) mass is 477 g/mol. The average Bonchev–Trinajstić information content (AvgIpc) is 3.38. The van der Waals surface area contributed by atoms with Gasteiger partial charge in [-0.15, -0.1) is 11.3 Å². The van der Waals surface area contributed by atoms with Gasteiger partial charge in [0.1, 0.15) is 12.3 Å². The van der Waals surface area contributed by atoms with Gasteiger partial charge in [0.05, 0.1) is 16.7 Å². The van der Waals surface area contributed by atoms with Crippen molar-refractivity contribution < 1.29 is 19.2 Å². The number of nitro groups is 1. The number of carbonyl (C=O) groups is 2. The Morgan fingerprint density at radius 2 is 1.97 bits per heavy atom. The van der Waals surface area contributed by atoms with Crippen LogP contribution in [0, 0.1) is 10.1 Å². The molecule has 0 saturated carbocycles. The summed E-state index contributed by atoms with van der Waals surface area (Å²) in [6, 6.07) is 14.0. The summed E-state index contributed by atoms with van der Waals surface area (Å²) in [6.45, 7) is -0.486. The maximum absolute atomic E-state index is 13.2. The number of aryl methyl sites for hydroxylation is 2. The lowest BCUT2D eigenvalue weighted by Gasteiger charge is -2.29. The first-order chi connectivity index (χ1) is 16.5. The molecule has 0 saturated heterocycles. The number of hydrogen-bond donors (Lipinski definition) is 1. The van der Waals surface area contributed by atoms with E-state index in [0.717, 1.165) is 29.7 Å². The molecule has 2 aromatic carbocycles. The molecule has 2 amide bonds. The smallest absolute Gasteiger partial charge is 0.271 e. The van der Waals surface area contributed by atoms with E-state index >= 15 is 0 Å². The highest BCUT2D eigenvalue weighted by Crippen LogP contribution is 2.35. The second-order valence-corrected chi connectivity index (χ2v) is 9.41. The van der Waals surface area contributed by atoms with E-state index in [2.05, 4.69) is 23.5 Å². The van der Waals surface area contributed by atoms with E-state index in [0.29, 0.717) is 5.75 Å². The molecule has 9 heteroatoms. The molecular formula is C25H23N3O5S. The quantitative estimate of drug-likeness (QED) is 0.424. The maximum atomic E-state index is 13.2.